The minimum Gasteiger partial charge on any atom is -0.338 e. The molecule has 1 aliphatic carbocycles. The molecule has 1 fully saturated rings. The molecule has 3 rings (SSSR count). The molecule has 0 radical (unpaired) electrons. The molecular formula is C16H19NO. The fourth-order valence-electron chi connectivity index (χ4n) is 2.51. The molecule has 0 N–H and O–H groups in total. The predicted molar refractivity (Wildman–Crippen MR) is 74.1 cm³/mol. The van der Waals surface area contributed by atoms with Crippen LogP contribution in [-0.4, -0.2) is 10.9 Å². The van der Waals surface area contributed by atoms with E-state index in [1.807, 2.05) is 6.07 Å². The van der Waals surface area contributed by atoms with Gasteiger partial charge < -0.3 is 4.57 Å². The summed E-state index contributed by atoms with van der Waals surface area (Å²) >= 11 is 0. The molecule has 0 atom stereocenters. The number of hydrogen-bond donors (Lipinski definition) is 0. The molecule has 2 nitrogen and oxygen atoms in total. The first-order chi connectivity index (χ1) is 8.69. The van der Waals surface area contributed by atoms with Crippen LogP contribution in [0.3, 0.4) is 0 Å². The van der Waals surface area contributed by atoms with E-state index in [1.54, 1.807) is 0 Å². The first kappa shape index (κ1) is 11.5. The van der Waals surface area contributed by atoms with Gasteiger partial charge in [-0.25, -0.2) is 0 Å². The Labute approximate surface area is 108 Å². The van der Waals surface area contributed by atoms with E-state index in [0.717, 1.165) is 24.4 Å². The van der Waals surface area contributed by atoms with Crippen molar-refractivity contribution < 1.29 is 4.79 Å². The van der Waals surface area contributed by atoms with Gasteiger partial charge in [0.1, 0.15) is 0 Å². The number of carbonyl (C=O) groups is 1. The standard InChI is InChI=1S/C16H19NO/c1-11(2)13-5-6-14-7-15(10-18)17(16(14)8-13)9-12-3-4-12/h5-8,10-12H,3-4,9H2,1-2H3. The van der Waals surface area contributed by atoms with Gasteiger partial charge in [-0.1, -0.05) is 26.0 Å². The lowest BCUT2D eigenvalue weighted by Crippen LogP contribution is -2.03. The van der Waals surface area contributed by atoms with Crippen molar-refractivity contribution in [1.82, 2.24) is 4.57 Å². The van der Waals surface area contributed by atoms with Crippen molar-refractivity contribution in [3.05, 3.63) is 35.5 Å². The van der Waals surface area contributed by atoms with Crippen molar-refractivity contribution in [2.24, 2.45) is 5.92 Å². The zero-order chi connectivity index (χ0) is 12.7. The van der Waals surface area contributed by atoms with Gasteiger partial charge in [-0.15, -0.1) is 0 Å². The van der Waals surface area contributed by atoms with Crippen molar-refractivity contribution in [3.63, 3.8) is 0 Å². The molecule has 0 aliphatic heterocycles. The van der Waals surface area contributed by atoms with Crippen molar-refractivity contribution in [3.8, 4) is 0 Å². The van der Waals surface area contributed by atoms with E-state index in [1.165, 1.54) is 29.3 Å². The summed E-state index contributed by atoms with van der Waals surface area (Å²) in [5, 5.41) is 1.18. The van der Waals surface area contributed by atoms with Gasteiger partial charge >= 0.3 is 0 Å². The number of rotatable bonds is 4. The van der Waals surface area contributed by atoms with Gasteiger partial charge in [0.15, 0.2) is 6.29 Å². The van der Waals surface area contributed by atoms with E-state index in [2.05, 4.69) is 36.6 Å². The molecule has 1 saturated carbocycles. The Morgan fingerprint density at radius 1 is 1.33 bits per heavy atom. The van der Waals surface area contributed by atoms with E-state index in [0.29, 0.717) is 5.92 Å². The summed E-state index contributed by atoms with van der Waals surface area (Å²) in [6, 6.07) is 8.56. The summed E-state index contributed by atoms with van der Waals surface area (Å²) in [5.74, 6) is 1.31. The molecule has 1 aliphatic rings. The van der Waals surface area contributed by atoms with E-state index >= 15 is 0 Å². The van der Waals surface area contributed by atoms with E-state index in [4.69, 9.17) is 0 Å². The number of benzene rings is 1. The highest BCUT2D eigenvalue weighted by Crippen LogP contribution is 2.33. The smallest absolute Gasteiger partial charge is 0.166 e. The third-order valence-corrected chi connectivity index (χ3v) is 3.89. The molecule has 0 bridgehead atoms. The van der Waals surface area contributed by atoms with E-state index in [9.17, 15) is 4.79 Å². The predicted octanol–water partition coefficient (Wildman–Crippen LogP) is 3.99. The van der Waals surface area contributed by atoms with Crippen molar-refractivity contribution in [1.29, 1.82) is 0 Å². The summed E-state index contributed by atoms with van der Waals surface area (Å²) in [5.41, 5.74) is 3.38. The highest BCUT2D eigenvalue weighted by atomic mass is 16.1. The van der Waals surface area contributed by atoms with Gasteiger partial charge in [0.05, 0.1) is 5.69 Å². The average molecular weight is 241 g/mol. The van der Waals surface area contributed by atoms with Crippen LogP contribution in [0.25, 0.3) is 10.9 Å². The summed E-state index contributed by atoms with van der Waals surface area (Å²) in [6.07, 6.45) is 3.60. The van der Waals surface area contributed by atoms with Crippen LogP contribution in [0.2, 0.25) is 0 Å². The second-order valence-electron chi connectivity index (χ2n) is 5.71. The fourth-order valence-corrected chi connectivity index (χ4v) is 2.51. The van der Waals surface area contributed by atoms with Gasteiger partial charge in [0, 0.05) is 17.4 Å². The molecule has 0 spiro atoms. The summed E-state index contributed by atoms with van der Waals surface area (Å²) in [6.45, 7) is 5.41. The highest BCUT2D eigenvalue weighted by molar-refractivity contribution is 5.89. The Hall–Kier alpha value is -1.57. The lowest BCUT2D eigenvalue weighted by atomic mass is 10.0. The first-order valence-electron chi connectivity index (χ1n) is 6.77. The molecule has 2 aromatic rings. The molecule has 1 heterocycles. The van der Waals surface area contributed by atoms with Gasteiger partial charge in [-0.3, -0.25) is 4.79 Å². The number of nitrogens with zero attached hydrogens (tertiary/aromatic N) is 1. The Bertz CT molecular complexity index is 590. The number of carbonyl (C=O) groups excluding carboxylic acids is 1. The monoisotopic (exact) mass is 241 g/mol. The van der Waals surface area contributed by atoms with Gasteiger partial charge in [-0.05, 0) is 42.4 Å². The van der Waals surface area contributed by atoms with Gasteiger partial charge in [-0.2, -0.15) is 0 Å². The minimum atomic E-state index is 0.526. The van der Waals surface area contributed by atoms with Crippen LogP contribution in [-0.2, 0) is 6.54 Å². The van der Waals surface area contributed by atoms with Crippen molar-refractivity contribution in [2.75, 3.05) is 0 Å². The molecule has 0 saturated heterocycles. The van der Waals surface area contributed by atoms with Crippen LogP contribution in [0.1, 0.15) is 48.7 Å². The van der Waals surface area contributed by atoms with Crippen molar-refractivity contribution in [2.45, 2.75) is 39.2 Å². The number of aromatic nitrogens is 1. The molecule has 1 aromatic heterocycles. The van der Waals surface area contributed by atoms with Gasteiger partial charge in [0.25, 0.3) is 0 Å². The first-order valence-corrected chi connectivity index (χ1v) is 6.77. The highest BCUT2D eigenvalue weighted by Gasteiger charge is 2.23. The second-order valence-corrected chi connectivity index (χ2v) is 5.71. The summed E-state index contributed by atoms with van der Waals surface area (Å²) < 4.78 is 2.20. The summed E-state index contributed by atoms with van der Waals surface area (Å²) in [4.78, 5) is 11.2. The molecule has 1 aromatic carbocycles. The Balaban J connectivity index is 2.14. The zero-order valence-electron chi connectivity index (χ0n) is 11.0. The van der Waals surface area contributed by atoms with Crippen LogP contribution in [0.15, 0.2) is 24.3 Å². The molecular weight excluding hydrogens is 222 g/mol. The zero-order valence-corrected chi connectivity index (χ0v) is 11.0. The summed E-state index contributed by atoms with van der Waals surface area (Å²) in [7, 11) is 0. The van der Waals surface area contributed by atoms with Crippen LogP contribution < -0.4 is 0 Å². The maximum absolute atomic E-state index is 11.2. The number of hydrogen-bond acceptors (Lipinski definition) is 1. The maximum Gasteiger partial charge on any atom is 0.166 e. The SMILES string of the molecule is CC(C)c1ccc2cc(C=O)n(CC3CC3)c2c1. The van der Waals surface area contributed by atoms with Crippen LogP contribution in [0.5, 0.6) is 0 Å². The van der Waals surface area contributed by atoms with Gasteiger partial charge in [0.2, 0.25) is 0 Å². The normalized spacial score (nSPS) is 15.5. The Morgan fingerprint density at radius 2 is 2.11 bits per heavy atom. The van der Waals surface area contributed by atoms with Crippen molar-refractivity contribution >= 4 is 17.2 Å². The minimum absolute atomic E-state index is 0.526. The molecule has 18 heavy (non-hydrogen) atoms. The topological polar surface area (TPSA) is 22.0 Å². The van der Waals surface area contributed by atoms with E-state index in [-0.39, 0.29) is 0 Å². The molecule has 94 valence electrons. The average Bonchev–Trinajstić information content (AvgIpc) is 3.10. The molecule has 0 unspecified atom stereocenters. The quantitative estimate of drug-likeness (QED) is 0.742. The number of aldehydes is 1. The molecule has 0 amide bonds. The van der Waals surface area contributed by atoms with E-state index < -0.39 is 0 Å². The van der Waals surface area contributed by atoms with Crippen LogP contribution in [0, 0.1) is 5.92 Å². The second kappa shape index (κ2) is 4.27. The van der Waals surface area contributed by atoms with Crippen LogP contribution >= 0.6 is 0 Å². The maximum atomic E-state index is 11.2. The Morgan fingerprint density at radius 3 is 2.72 bits per heavy atom. The lowest BCUT2D eigenvalue weighted by molar-refractivity contribution is 0.111. The number of fused-ring (bicyclic) bond motifs is 1. The lowest BCUT2D eigenvalue weighted by Gasteiger charge is -2.09. The molecule has 2 heteroatoms. The van der Waals surface area contributed by atoms with Crippen LogP contribution in [0.4, 0.5) is 0 Å². The largest absolute Gasteiger partial charge is 0.338 e. The Kier molecular flexibility index (Phi) is 2.73. The fraction of sp³-hybridized carbons (Fsp3) is 0.438. The third kappa shape index (κ3) is 1.96. The third-order valence-electron chi connectivity index (χ3n) is 3.89.